The van der Waals surface area contributed by atoms with Crippen LogP contribution >= 0.6 is 0 Å². The van der Waals surface area contributed by atoms with Gasteiger partial charge in [0.15, 0.2) is 0 Å². The van der Waals surface area contributed by atoms with Gasteiger partial charge >= 0.3 is 6.18 Å². The van der Waals surface area contributed by atoms with Gasteiger partial charge in [0.25, 0.3) is 0 Å². The van der Waals surface area contributed by atoms with E-state index >= 15 is 0 Å². The third kappa shape index (κ3) is 13.4. The Morgan fingerprint density at radius 1 is 0.453 bits per heavy atom. The fourth-order valence-corrected chi connectivity index (χ4v) is 6.59. The molecule has 0 atom stereocenters. The first kappa shape index (κ1) is 50.9. The Bertz CT molecular complexity index is 2780. The van der Waals surface area contributed by atoms with Gasteiger partial charge in [0, 0.05) is 90.0 Å². The molecule has 3 radical (unpaired) electrons. The molecule has 3 aromatic heterocycles. The predicted octanol–water partition coefficient (Wildman–Crippen LogP) is 14.0. The third-order valence-corrected chi connectivity index (χ3v) is 9.66. The number of methoxy groups -OCH3 is 1. The molecule has 3 heterocycles. The van der Waals surface area contributed by atoms with Crippen LogP contribution in [0.25, 0.3) is 67.2 Å². The van der Waals surface area contributed by atoms with E-state index in [9.17, 15) is 13.2 Å². The van der Waals surface area contributed by atoms with Crippen LogP contribution in [0.1, 0.15) is 11.1 Å². The maximum absolute atomic E-state index is 13.1. The van der Waals surface area contributed by atoms with E-state index in [0.717, 1.165) is 56.6 Å². The summed E-state index contributed by atoms with van der Waals surface area (Å²) in [5.74, 6) is 0.855. The molecule has 0 amide bonds. The van der Waals surface area contributed by atoms with Crippen molar-refractivity contribution in [2.75, 3.05) is 7.11 Å². The standard InChI is InChI=1S/C18H11F3N.C18H14NO.C18H14N.3Ir/c19-18(20,21)16-9-5-4-8-15(16)14-10-11-22-17(12-14)13-6-2-1-3-7-13;1-20-18-10-6-5-9-16(18)15-11-12-17(19-13-15)14-7-3-2-4-8-14;1-14-7-5-6-10-17(14)16-11-12-18(19-13-16)15-8-3-2-4-9-15;;;/h1-6,8-12H;2-7,9-13H,1H3;2-8,10-13H,1H3;;;/q3*-1;;;. The number of hydrogen-bond acceptors (Lipinski definition) is 4. The van der Waals surface area contributed by atoms with Crippen LogP contribution in [0.3, 0.4) is 0 Å². The molecule has 0 fully saturated rings. The van der Waals surface area contributed by atoms with Gasteiger partial charge in [-0.2, -0.15) is 13.2 Å². The zero-order valence-corrected chi connectivity index (χ0v) is 41.6. The molecule has 0 saturated carbocycles. The largest absolute Gasteiger partial charge is 0.496 e. The number of alkyl halides is 3. The molecule has 0 spiro atoms. The van der Waals surface area contributed by atoms with Crippen LogP contribution in [0, 0.1) is 25.1 Å². The summed E-state index contributed by atoms with van der Waals surface area (Å²) >= 11 is 0. The molecule has 0 aliphatic rings. The first-order valence-corrected chi connectivity index (χ1v) is 19.4. The number of hydrogen-bond donors (Lipinski definition) is 0. The molecule has 10 heteroatoms. The number of rotatable bonds is 7. The fourth-order valence-electron chi connectivity index (χ4n) is 6.59. The van der Waals surface area contributed by atoms with Crippen molar-refractivity contribution in [3.05, 3.63) is 230 Å². The molecule has 4 nitrogen and oxygen atoms in total. The molecule has 6 aromatic carbocycles. The zero-order chi connectivity index (χ0) is 42.4. The van der Waals surface area contributed by atoms with E-state index in [1.807, 2.05) is 116 Å². The van der Waals surface area contributed by atoms with Crippen LogP contribution in [0.15, 0.2) is 201 Å². The second kappa shape index (κ2) is 25.0. The number of pyridine rings is 3. The monoisotopic (exact) mass is 1380 g/mol. The minimum atomic E-state index is -4.39. The van der Waals surface area contributed by atoms with Gasteiger partial charge in [-0.15, -0.1) is 108 Å². The minimum absolute atomic E-state index is 0. The summed E-state index contributed by atoms with van der Waals surface area (Å²) in [4.78, 5) is 13.3. The number of para-hydroxylation sites is 1. The van der Waals surface area contributed by atoms with Crippen molar-refractivity contribution in [1.82, 2.24) is 15.0 Å². The van der Waals surface area contributed by atoms with Crippen molar-refractivity contribution in [1.29, 1.82) is 0 Å². The summed E-state index contributed by atoms with van der Waals surface area (Å²) in [6, 6.07) is 65.7. The second-order valence-electron chi connectivity index (χ2n) is 13.7. The average molecular weight is 1380 g/mol. The van der Waals surface area contributed by atoms with Crippen molar-refractivity contribution < 1.29 is 78.2 Å². The topological polar surface area (TPSA) is 47.9 Å². The van der Waals surface area contributed by atoms with Crippen molar-refractivity contribution in [3.8, 4) is 72.9 Å². The molecule has 0 saturated heterocycles. The van der Waals surface area contributed by atoms with Gasteiger partial charge < -0.3 is 19.7 Å². The van der Waals surface area contributed by atoms with Crippen LogP contribution in [0.2, 0.25) is 0 Å². The molecule has 0 aliphatic carbocycles. The average Bonchev–Trinajstić information content (AvgIpc) is 3.33. The molecule has 0 aliphatic heterocycles. The number of benzene rings is 6. The summed E-state index contributed by atoms with van der Waals surface area (Å²) in [7, 11) is 1.68. The first-order valence-electron chi connectivity index (χ1n) is 19.4. The van der Waals surface area contributed by atoms with E-state index < -0.39 is 11.7 Å². The molecular formula is C54H39F3Ir3N3O-3. The summed E-state index contributed by atoms with van der Waals surface area (Å²) in [5.41, 5.74) is 11.0. The van der Waals surface area contributed by atoms with Crippen molar-refractivity contribution in [2.45, 2.75) is 13.1 Å². The van der Waals surface area contributed by atoms with E-state index in [1.165, 1.54) is 29.5 Å². The van der Waals surface area contributed by atoms with Crippen LogP contribution < -0.4 is 4.74 Å². The maximum atomic E-state index is 13.1. The Kier molecular flexibility index (Phi) is 19.9. The summed E-state index contributed by atoms with van der Waals surface area (Å²) < 4.78 is 44.8. The van der Waals surface area contributed by atoms with Gasteiger partial charge in [-0.1, -0.05) is 91.0 Å². The van der Waals surface area contributed by atoms with Crippen molar-refractivity contribution in [2.24, 2.45) is 0 Å². The zero-order valence-electron chi connectivity index (χ0n) is 34.4. The van der Waals surface area contributed by atoms with Crippen LogP contribution in [-0.4, -0.2) is 22.1 Å². The van der Waals surface area contributed by atoms with Gasteiger partial charge in [-0.05, 0) is 70.0 Å². The number of aromatic nitrogens is 3. The molecular weight excluding hydrogens is 1340 g/mol. The Balaban J connectivity index is 0.000000206. The smallest absolute Gasteiger partial charge is 0.417 e. The molecule has 0 unspecified atom stereocenters. The fraction of sp³-hybridized carbons (Fsp3) is 0.0556. The third-order valence-electron chi connectivity index (χ3n) is 9.66. The van der Waals surface area contributed by atoms with Crippen LogP contribution in [0.5, 0.6) is 5.75 Å². The quantitative estimate of drug-likeness (QED) is 0.149. The van der Waals surface area contributed by atoms with Crippen LogP contribution in [-0.2, 0) is 66.5 Å². The Labute approximate surface area is 413 Å². The van der Waals surface area contributed by atoms with E-state index in [1.54, 1.807) is 31.4 Å². The molecule has 0 N–H and O–H groups in total. The number of halogens is 3. The van der Waals surface area contributed by atoms with Gasteiger partial charge in [0.05, 0.1) is 12.7 Å². The van der Waals surface area contributed by atoms with Gasteiger partial charge in [0.1, 0.15) is 5.75 Å². The van der Waals surface area contributed by atoms with Gasteiger partial charge in [-0.3, -0.25) is 0 Å². The number of ether oxygens (including phenoxy) is 1. The van der Waals surface area contributed by atoms with E-state index in [0.29, 0.717) is 11.3 Å². The summed E-state index contributed by atoms with van der Waals surface area (Å²) in [5, 5.41) is 0. The number of nitrogens with zero attached hydrogens (tertiary/aromatic N) is 3. The molecule has 0 bridgehead atoms. The van der Waals surface area contributed by atoms with Gasteiger partial charge in [-0.25, -0.2) is 0 Å². The SMILES string of the molecule is COc1ccccc1-c1ccc(-c2[c-]cccc2)nc1.Cc1ccccc1-c1ccc(-c2[c-]cccc2)nc1.FC(F)(F)c1ccccc1-c1ccnc(-c2[c-]cccc2)c1.[Ir].[Ir].[Ir]. The van der Waals surface area contributed by atoms with Crippen molar-refractivity contribution in [3.63, 3.8) is 0 Å². The molecule has 9 aromatic rings. The van der Waals surface area contributed by atoms with Crippen LogP contribution in [0.4, 0.5) is 13.2 Å². The molecule has 64 heavy (non-hydrogen) atoms. The van der Waals surface area contributed by atoms with Crippen molar-refractivity contribution >= 4 is 0 Å². The maximum Gasteiger partial charge on any atom is 0.417 e. The normalized spacial score (nSPS) is 10.2. The Hall–Kier alpha value is -5.69. The first-order chi connectivity index (χ1) is 29.8. The van der Waals surface area contributed by atoms with E-state index in [4.69, 9.17) is 4.74 Å². The summed E-state index contributed by atoms with van der Waals surface area (Å²) in [6.07, 6.45) is 0.921. The summed E-state index contributed by atoms with van der Waals surface area (Å²) in [6.45, 7) is 2.12. The minimum Gasteiger partial charge on any atom is -0.496 e. The Morgan fingerprint density at radius 3 is 1.41 bits per heavy atom. The van der Waals surface area contributed by atoms with E-state index in [-0.39, 0.29) is 65.9 Å². The van der Waals surface area contributed by atoms with E-state index in [2.05, 4.69) is 76.5 Å². The Morgan fingerprint density at radius 2 is 0.922 bits per heavy atom. The predicted molar refractivity (Wildman–Crippen MR) is 238 cm³/mol. The van der Waals surface area contributed by atoms with Gasteiger partial charge in [0.2, 0.25) is 0 Å². The number of aryl methyl sites for hydroxylation is 1. The molecule has 9 rings (SSSR count). The molecule has 327 valence electrons. The second-order valence-corrected chi connectivity index (χ2v) is 13.7.